The summed E-state index contributed by atoms with van der Waals surface area (Å²) in [5.41, 5.74) is 0.708. The molecule has 142 valence electrons. The van der Waals surface area contributed by atoms with Crippen molar-refractivity contribution in [3.63, 3.8) is 0 Å². The number of hydrogen-bond acceptors (Lipinski definition) is 6. The second kappa shape index (κ2) is 9.33. The van der Waals surface area contributed by atoms with Gasteiger partial charge >= 0.3 is 12.1 Å². The standard InChI is InChI=1S/C19H20N2O6/c1-13(2)17(20-19(23)26-12-14-6-4-3-5-7-14)18(22)27-16-10-8-15(9-11-16)21(24)25/h3-11,13,17H,12H2,1-2H3,(H,20,23)/t17-/m0/s1. The number of esters is 1. The Balaban J connectivity index is 1.93. The lowest BCUT2D eigenvalue weighted by Crippen LogP contribution is -2.46. The summed E-state index contributed by atoms with van der Waals surface area (Å²) in [6.07, 6.45) is -0.738. The van der Waals surface area contributed by atoms with E-state index in [4.69, 9.17) is 9.47 Å². The molecule has 0 spiro atoms. The molecule has 1 atom stereocenters. The number of rotatable bonds is 7. The van der Waals surface area contributed by atoms with Crippen LogP contribution in [-0.2, 0) is 16.1 Å². The molecule has 27 heavy (non-hydrogen) atoms. The van der Waals surface area contributed by atoms with Crippen molar-refractivity contribution < 1.29 is 24.0 Å². The highest BCUT2D eigenvalue weighted by Gasteiger charge is 2.27. The van der Waals surface area contributed by atoms with Gasteiger partial charge in [-0.05, 0) is 23.6 Å². The highest BCUT2D eigenvalue weighted by molar-refractivity contribution is 5.83. The normalized spacial score (nSPS) is 11.5. The van der Waals surface area contributed by atoms with Gasteiger partial charge < -0.3 is 14.8 Å². The van der Waals surface area contributed by atoms with Gasteiger partial charge in [-0.2, -0.15) is 0 Å². The van der Waals surface area contributed by atoms with Gasteiger partial charge in [-0.1, -0.05) is 44.2 Å². The predicted octanol–water partition coefficient (Wildman–Crippen LogP) is 3.45. The lowest BCUT2D eigenvalue weighted by atomic mass is 10.1. The fourth-order valence-corrected chi connectivity index (χ4v) is 2.21. The number of non-ortho nitro benzene ring substituents is 1. The van der Waals surface area contributed by atoms with E-state index in [-0.39, 0.29) is 24.0 Å². The van der Waals surface area contributed by atoms with Crippen LogP contribution >= 0.6 is 0 Å². The molecule has 2 aromatic carbocycles. The van der Waals surface area contributed by atoms with E-state index in [0.29, 0.717) is 0 Å². The molecule has 2 rings (SSSR count). The van der Waals surface area contributed by atoms with Crippen molar-refractivity contribution in [1.29, 1.82) is 0 Å². The summed E-state index contributed by atoms with van der Waals surface area (Å²) in [5, 5.41) is 13.1. The van der Waals surface area contributed by atoms with Gasteiger partial charge in [-0.15, -0.1) is 0 Å². The third-order valence-electron chi connectivity index (χ3n) is 3.67. The van der Waals surface area contributed by atoms with Gasteiger partial charge in [0.05, 0.1) is 4.92 Å². The second-order valence-electron chi connectivity index (χ2n) is 6.10. The van der Waals surface area contributed by atoms with Crippen LogP contribution < -0.4 is 10.1 Å². The highest BCUT2D eigenvalue weighted by Crippen LogP contribution is 2.18. The summed E-state index contributed by atoms with van der Waals surface area (Å²) in [6.45, 7) is 3.58. The molecule has 0 radical (unpaired) electrons. The van der Waals surface area contributed by atoms with Crippen molar-refractivity contribution in [2.75, 3.05) is 0 Å². The molecule has 8 heteroatoms. The number of ether oxygens (including phenoxy) is 2. The first-order chi connectivity index (χ1) is 12.9. The fraction of sp³-hybridized carbons (Fsp3) is 0.263. The molecule has 1 amide bonds. The molecule has 0 aliphatic carbocycles. The minimum Gasteiger partial charge on any atom is -0.445 e. The van der Waals surface area contributed by atoms with Crippen molar-refractivity contribution in [2.45, 2.75) is 26.5 Å². The number of amides is 1. The van der Waals surface area contributed by atoms with E-state index < -0.39 is 23.0 Å². The van der Waals surface area contributed by atoms with E-state index in [2.05, 4.69) is 5.32 Å². The number of benzene rings is 2. The first-order valence-corrected chi connectivity index (χ1v) is 8.30. The zero-order chi connectivity index (χ0) is 19.8. The Bertz CT molecular complexity index is 790. The van der Waals surface area contributed by atoms with Gasteiger partial charge in [0, 0.05) is 12.1 Å². The van der Waals surface area contributed by atoms with Crippen LogP contribution in [0, 0.1) is 16.0 Å². The average molecular weight is 372 g/mol. The molecule has 1 N–H and O–H groups in total. The van der Waals surface area contributed by atoms with Crippen molar-refractivity contribution >= 4 is 17.7 Å². The minimum atomic E-state index is -0.927. The molecule has 2 aromatic rings. The van der Waals surface area contributed by atoms with Gasteiger partial charge in [0.2, 0.25) is 0 Å². The molecule has 0 saturated heterocycles. The van der Waals surface area contributed by atoms with Crippen LogP contribution in [0.5, 0.6) is 5.75 Å². The van der Waals surface area contributed by atoms with Gasteiger partial charge in [0.15, 0.2) is 0 Å². The largest absolute Gasteiger partial charge is 0.445 e. The van der Waals surface area contributed by atoms with E-state index in [9.17, 15) is 19.7 Å². The molecule has 0 bridgehead atoms. The van der Waals surface area contributed by atoms with Crippen LogP contribution in [0.15, 0.2) is 54.6 Å². The number of carbonyl (C=O) groups excluding carboxylic acids is 2. The Labute approximate surface area is 156 Å². The summed E-state index contributed by atoms with van der Waals surface area (Å²) >= 11 is 0. The summed E-state index contributed by atoms with van der Waals surface area (Å²) in [7, 11) is 0. The van der Waals surface area contributed by atoms with Crippen molar-refractivity contribution in [1.82, 2.24) is 5.32 Å². The number of carbonyl (C=O) groups is 2. The summed E-state index contributed by atoms with van der Waals surface area (Å²) < 4.78 is 10.3. The number of alkyl carbamates (subject to hydrolysis) is 1. The first kappa shape index (κ1) is 19.9. The van der Waals surface area contributed by atoms with Gasteiger partial charge in [-0.25, -0.2) is 9.59 Å². The van der Waals surface area contributed by atoms with Crippen LogP contribution in [0.25, 0.3) is 0 Å². The second-order valence-corrected chi connectivity index (χ2v) is 6.10. The average Bonchev–Trinajstić information content (AvgIpc) is 2.65. The van der Waals surface area contributed by atoms with Crippen molar-refractivity contribution in [2.24, 2.45) is 5.92 Å². The van der Waals surface area contributed by atoms with Crippen molar-refractivity contribution in [3.8, 4) is 5.75 Å². The molecule has 0 aliphatic rings. The molecule has 0 unspecified atom stereocenters. The Morgan fingerprint density at radius 1 is 1.07 bits per heavy atom. The van der Waals surface area contributed by atoms with E-state index in [1.807, 2.05) is 30.3 Å². The zero-order valence-corrected chi connectivity index (χ0v) is 15.0. The summed E-state index contributed by atoms with van der Waals surface area (Å²) in [6, 6.07) is 13.3. The fourth-order valence-electron chi connectivity index (χ4n) is 2.21. The Morgan fingerprint density at radius 3 is 2.26 bits per heavy atom. The molecule has 0 fully saturated rings. The van der Waals surface area contributed by atoms with Gasteiger partial charge in [0.25, 0.3) is 5.69 Å². The van der Waals surface area contributed by atoms with E-state index in [1.165, 1.54) is 24.3 Å². The maximum atomic E-state index is 12.4. The quantitative estimate of drug-likeness (QED) is 0.345. The Kier molecular flexibility index (Phi) is 6.87. The van der Waals surface area contributed by atoms with E-state index in [1.54, 1.807) is 13.8 Å². The molecular formula is C19H20N2O6. The smallest absolute Gasteiger partial charge is 0.408 e. The third-order valence-corrected chi connectivity index (χ3v) is 3.67. The number of nitrogens with one attached hydrogen (secondary N) is 1. The van der Waals surface area contributed by atoms with Crippen LogP contribution in [-0.4, -0.2) is 23.0 Å². The van der Waals surface area contributed by atoms with Crippen LogP contribution in [0.1, 0.15) is 19.4 Å². The topological polar surface area (TPSA) is 108 Å². The molecule has 0 heterocycles. The van der Waals surface area contributed by atoms with Gasteiger partial charge in [-0.3, -0.25) is 10.1 Å². The third kappa shape index (κ3) is 6.10. The molecular weight excluding hydrogens is 352 g/mol. The lowest BCUT2D eigenvalue weighted by molar-refractivity contribution is -0.384. The van der Waals surface area contributed by atoms with E-state index >= 15 is 0 Å². The van der Waals surface area contributed by atoms with Crippen LogP contribution in [0.3, 0.4) is 0 Å². The summed E-state index contributed by atoms with van der Waals surface area (Å²) in [4.78, 5) is 34.5. The SMILES string of the molecule is CC(C)[C@H](NC(=O)OCc1ccccc1)C(=O)Oc1ccc([N+](=O)[O-])cc1. The first-order valence-electron chi connectivity index (χ1n) is 8.30. The summed E-state index contributed by atoms with van der Waals surface area (Å²) in [5.74, 6) is -0.786. The lowest BCUT2D eigenvalue weighted by Gasteiger charge is -2.20. The number of hydrogen-bond donors (Lipinski definition) is 1. The number of nitrogens with zero attached hydrogens (tertiary/aromatic N) is 1. The van der Waals surface area contributed by atoms with Crippen molar-refractivity contribution in [3.05, 3.63) is 70.3 Å². The molecule has 0 saturated carbocycles. The molecule has 8 nitrogen and oxygen atoms in total. The highest BCUT2D eigenvalue weighted by atomic mass is 16.6. The Morgan fingerprint density at radius 2 is 1.70 bits per heavy atom. The van der Waals surface area contributed by atoms with Crippen LogP contribution in [0.4, 0.5) is 10.5 Å². The number of nitro groups is 1. The van der Waals surface area contributed by atoms with E-state index in [0.717, 1.165) is 5.56 Å². The minimum absolute atomic E-state index is 0.0783. The number of nitro benzene ring substituents is 1. The Hall–Kier alpha value is -3.42. The predicted molar refractivity (Wildman–Crippen MR) is 97.1 cm³/mol. The van der Waals surface area contributed by atoms with Crippen LogP contribution in [0.2, 0.25) is 0 Å². The molecule has 0 aliphatic heterocycles. The molecule has 0 aromatic heterocycles. The van der Waals surface area contributed by atoms with Gasteiger partial charge in [0.1, 0.15) is 18.4 Å². The monoisotopic (exact) mass is 372 g/mol. The maximum absolute atomic E-state index is 12.4. The zero-order valence-electron chi connectivity index (χ0n) is 15.0. The maximum Gasteiger partial charge on any atom is 0.408 e.